The molecular weight excluding hydrogens is 310 g/mol. The molecule has 2 aliphatic heterocycles. The number of carbonyl (C=O) groups is 2. The topological polar surface area (TPSA) is 88.5 Å². The van der Waals surface area contributed by atoms with Gasteiger partial charge in [0, 0.05) is 38.3 Å². The molecule has 132 valence electrons. The van der Waals surface area contributed by atoms with Crippen LogP contribution in [0.4, 0.5) is 4.79 Å². The van der Waals surface area contributed by atoms with E-state index in [-0.39, 0.29) is 18.5 Å². The van der Waals surface area contributed by atoms with E-state index in [2.05, 4.69) is 15.7 Å². The van der Waals surface area contributed by atoms with Gasteiger partial charge in [-0.3, -0.25) is 9.48 Å². The minimum atomic E-state index is -0.298. The third-order valence-electron chi connectivity index (χ3n) is 4.44. The summed E-state index contributed by atoms with van der Waals surface area (Å²) in [4.78, 5) is 25.1. The molecule has 1 unspecified atom stereocenters. The summed E-state index contributed by atoms with van der Waals surface area (Å²) in [5.41, 5.74) is 1.05. The van der Waals surface area contributed by atoms with Crippen molar-refractivity contribution in [3.63, 3.8) is 0 Å². The number of hydrogen-bond donors (Lipinski definition) is 2. The third kappa shape index (κ3) is 4.47. The van der Waals surface area contributed by atoms with E-state index in [0.29, 0.717) is 32.2 Å². The zero-order valence-corrected chi connectivity index (χ0v) is 13.9. The van der Waals surface area contributed by atoms with E-state index in [9.17, 15) is 9.59 Å². The second-order valence-electron chi connectivity index (χ2n) is 6.29. The first-order chi connectivity index (χ1) is 11.7. The van der Waals surface area contributed by atoms with Crippen molar-refractivity contribution in [2.45, 2.75) is 31.7 Å². The lowest BCUT2D eigenvalue weighted by molar-refractivity contribution is -0.121. The smallest absolute Gasteiger partial charge is 0.409 e. The van der Waals surface area contributed by atoms with Crippen LogP contribution < -0.4 is 10.6 Å². The van der Waals surface area contributed by atoms with Crippen LogP contribution in [0.5, 0.6) is 0 Å². The van der Waals surface area contributed by atoms with Crippen molar-refractivity contribution in [1.29, 1.82) is 0 Å². The Hall–Kier alpha value is -2.09. The second kappa shape index (κ2) is 8.14. The number of cyclic esters (lactones) is 1. The second-order valence-corrected chi connectivity index (χ2v) is 6.29. The Morgan fingerprint density at radius 3 is 3.17 bits per heavy atom. The molecule has 24 heavy (non-hydrogen) atoms. The molecule has 0 radical (unpaired) electrons. The Labute approximate surface area is 141 Å². The molecule has 8 heteroatoms. The van der Waals surface area contributed by atoms with Crippen LogP contribution in [0.2, 0.25) is 0 Å². The minimum Gasteiger partial charge on any atom is -0.449 e. The highest BCUT2D eigenvalue weighted by atomic mass is 16.6. The van der Waals surface area contributed by atoms with Crippen LogP contribution in [0.15, 0.2) is 12.3 Å². The molecule has 2 amide bonds. The van der Waals surface area contributed by atoms with Gasteiger partial charge < -0.3 is 20.3 Å². The van der Waals surface area contributed by atoms with E-state index in [1.165, 1.54) is 0 Å². The third-order valence-corrected chi connectivity index (χ3v) is 4.44. The van der Waals surface area contributed by atoms with Crippen molar-refractivity contribution in [2.75, 3.05) is 39.3 Å². The number of nitrogens with one attached hydrogen (secondary N) is 2. The number of piperidine rings is 1. The molecule has 2 saturated heterocycles. The highest BCUT2D eigenvalue weighted by Gasteiger charge is 2.20. The lowest BCUT2D eigenvalue weighted by atomic mass is 9.97. The molecule has 0 bridgehead atoms. The SMILES string of the molecule is O=C(Cn1ccc(C2CCCNC2)n1)NCCN1CCCOC1=O. The van der Waals surface area contributed by atoms with Crippen molar-refractivity contribution in [3.05, 3.63) is 18.0 Å². The number of ether oxygens (including phenoxy) is 1. The van der Waals surface area contributed by atoms with Gasteiger partial charge >= 0.3 is 6.09 Å². The van der Waals surface area contributed by atoms with Gasteiger partial charge in [0.15, 0.2) is 0 Å². The van der Waals surface area contributed by atoms with Crippen LogP contribution in [-0.2, 0) is 16.1 Å². The summed E-state index contributed by atoms with van der Waals surface area (Å²) in [6.45, 7) is 4.30. The van der Waals surface area contributed by atoms with Crippen LogP contribution in [0.1, 0.15) is 30.9 Å². The van der Waals surface area contributed by atoms with E-state index in [1.807, 2.05) is 12.3 Å². The molecule has 0 aromatic carbocycles. The zero-order valence-electron chi connectivity index (χ0n) is 13.9. The Kier molecular flexibility index (Phi) is 5.68. The fourth-order valence-corrected chi connectivity index (χ4v) is 3.12. The number of hydrogen-bond acceptors (Lipinski definition) is 5. The highest BCUT2D eigenvalue weighted by molar-refractivity contribution is 5.75. The summed E-state index contributed by atoms with van der Waals surface area (Å²) < 4.78 is 6.63. The monoisotopic (exact) mass is 335 g/mol. The summed E-state index contributed by atoms with van der Waals surface area (Å²) in [5.74, 6) is 0.338. The van der Waals surface area contributed by atoms with Gasteiger partial charge in [-0.05, 0) is 31.9 Å². The Morgan fingerprint density at radius 2 is 2.38 bits per heavy atom. The maximum absolute atomic E-state index is 12.0. The molecule has 2 fully saturated rings. The maximum atomic E-state index is 12.0. The predicted molar refractivity (Wildman–Crippen MR) is 87.6 cm³/mol. The van der Waals surface area contributed by atoms with Crippen LogP contribution in [-0.4, -0.2) is 66.0 Å². The van der Waals surface area contributed by atoms with E-state index < -0.39 is 0 Å². The fourth-order valence-electron chi connectivity index (χ4n) is 3.12. The molecule has 1 aromatic rings. The van der Waals surface area contributed by atoms with Crippen molar-refractivity contribution in [2.24, 2.45) is 0 Å². The Morgan fingerprint density at radius 1 is 1.46 bits per heavy atom. The molecule has 0 spiro atoms. The number of rotatable bonds is 6. The van der Waals surface area contributed by atoms with Crippen LogP contribution in [0, 0.1) is 0 Å². The van der Waals surface area contributed by atoms with Gasteiger partial charge in [-0.15, -0.1) is 0 Å². The first-order valence-corrected chi connectivity index (χ1v) is 8.65. The Balaban J connectivity index is 1.40. The summed E-state index contributed by atoms with van der Waals surface area (Å²) in [6.07, 6.45) is 4.70. The van der Waals surface area contributed by atoms with Gasteiger partial charge in [0.1, 0.15) is 6.54 Å². The van der Waals surface area contributed by atoms with E-state index in [1.54, 1.807) is 9.58 Å². The molecule has 1 aromatic heterocycles. The van der Waals surface area contributed by atoms with Crippen molar-refractivity contribution in [3.8, 4) is 0 Å². The highest BCUT2D eigenvalue weighted by Crippen LogP contribution is 2.21. The van der Waals surface area contributed by atoms with Crippen molar-refractivity contribution in [1.82, 2.24) is 25.3 Å². The van der Waals surface area contributed by atoms with Crippen molar-refractivity contribution < 1.29 is 14.3 Å². The van der Waals surface area contributed by atoms with Gasteiger partial charge in [-0.1, -0.05) is 0 Å². The zero-order chi connectivity index (χ0) is 16.8. The molecular formula is C16H25N5O3. The lowest BCUT2D eigenvalue weighted by Crippen LogP contribution is -2.43. The standard InChI is InChI=1S/C16H25N5O3/c22-15(18-6-9-20-7-2-10-24-16(20)23)12-21-8-4-14(19-21)13-3-1-5-17-11-13/h4,8,13,17H,1-3,5-7,9-12H2,(H,18,22). The van der Waals surface area contributed by atoms with Gasteiger partial charge in [-0.2, -0.15) is 5.10 Å². The van der Waals surface area contributed by atoms with Crippen LogP contribution in [0.25, 0.3) is 0 Å². The van der Waals surface area contributed by atoms with E-state index in [0.717, 1.165) is 38.0 Å². The normalized spacial score (nSPS) is 21.4. The van der Waals surface area contributed by atoms with Crippen molar-refractivity contribution >= 4 is 12.0 Å². The van der Waals surface area contributed by atoms with E-state index in [4.69, 9.17) is 4.74 Å². The van der Waals surface area contributed by atoms with Crippen LogP contribution in [0.3, 0.4) is 0 Å². The molecule has 8 nitrogen and oxygen atoms in total. The maximum Gasteiger partial charge on any atom is 0.409 e. The average Bonchev–Trinajstić information content (AvgIpc) is 3.06. The molecule has 0 aliphatic carbocycles. The summed E-state index contributed by atoms with van der Waals surface area (Å²) >= 11 is 0. The summed E-state index contributed by atoms with van der Waals surface area (Å²) in [5, 5.41) is 10.7. The minimum absolute atomic E-state index is 0.100. The summed E-state index contributed by atoms with van der Waals surface area (Å²) in [7, 11) is 0. The molecule has 0 saturated carbocycles. The molecule has 1 atom stereocenters. The number of amides is 2. The lowest BCUT2D eigenvalue weighted by Gasteiger charge is -2.26. The van der Waals surface area contributed by atoms with E-state index >= 15 is 0 Å². The molecule has 2 aliphatic rings. The van der Waals surface area contributed by atoms with Crippen LogP contribution >= 0.6 is 0 Å². The quantitative estimate of drug-likeness (QED) is 0.781. The fraction of sp³-hybridized carbons (Fsp3) is 0.688. The molecule has 3 rings (SSSR count). The first-order valence-electron chi connectivity index (χ1n) is 8.65. The largest absolute Gasteiger partial charge is 0.449 e. The van der Waals surface area contributed by atoms with Gasteiger partial charge in [0.2, 0.25) is 5.91 Å². The molecule has 3 heterocycles. The summed E-state index contributed by atoms with van der Waals surface area (Å²) in [6, 6.07) is 1.99. The van der Waals surface area contributed by atoms with Gasteiger partial charge in [0.05, 0.1) is 12.3 Å². The van der Waals surface area contributed by atoms with Gasteiger partial charge in [-0.25, -0.2) is 4.79 Å². The number of carbonyl (C=O) groups excluding carboxylic acids is 2. The first kappa shape index (κ1) is 16.8. The number of aromatic nitrogens is 2. The average molecular weight is 335 g/mol. The Bertz CT molecular complexity index is 568. The van der Waals surface area contributed by atoms with Gasteiger partial charge in [0.25, 0.3) is 0 Å². The number of nitrogens with zero attached hydrogens (tertiary/aromatic N) is 3. The molecule has 2 N–H and O–H groups in total. The predicted octanol–water partition coefficient (Wildman–Crippen LogP) is 0.309.